The number of aromatic nitrogens is 1. The molecule has 0 aliphatic carbocycles. The lowest BCUT2D eigenvalue weighted by molar-refractivity contribution is 0.690. The van der Waals surface area contributed by atoms with Gasteiger partial charge in [0.2, 0.25) is 0 Å². The van der Waals surface area contributed by atoms with Gasteiger partial charge in [-0.15, -0.1) is 0 Å². The van der Waals surface area contributed by atoms with Crippen LogP contribution >= 0.6 is 23.4 Å². The van der Waals surface area contributed by atoms with Crippen LogP contribution < -0.4 is 0 Å². The molecule has 0 N–H and O–H groups in total. The SMILES string of the molecule is CC1(C)Cc2c(C#N)c(Cl)nc(-c3ccccc3)c2CS1. The standard InChI is InChI=1S/C17H15ClN2S/c1-17(2)8-12-13(9-19)16(18)20-15(14(12)10-21-17)11-6-4-3-5-7-11/h3-7H,8,10H2,1-2H3. The lowest BCUT2D eigenvalue weighted by atomic mass is 9.91. The Morgan fingerprint density at radius 3 is 2.62 bits per heavy atom. The van der Waals surface area contributed by atoms with Crippen molar-refractivity contribution in [3.05, 3.63) is 52.2 Å². The van der Waals surface area contributed by atoms with Gasteiger partial charge in [-0.1, -0.05) is 55.8 Å². The lowest BCUT2D eigenvalue weighted by Gasteiger charge is -2.32. The molecule has 2 aromatic rings. The molecule has 1 aromatic heterocycles. The quantitative estimate of drug-likeness (QED) is 0.707. The highest BCUT2D eigenvalue weighted by Gasteiger charge is 2.31. The summed E-state index contributed by atoms with van der Waals surface area (Å²) in [6.07, 6.45) is 0.845. The highest BCUT2D eigenvalue weighted by atomic mass is 35.5. The van der Waals surface area contributed by atoms with Crippen molar-refractivity contribution in [3.63, 3.8) is 0 Å². The van der Waals surface area contributed by atoms with E-state index in [9.17, 15) is 5.26 Å². The van der Waals surface area contributed by atoms with Crippen molar-refractivity contribution in [1.82, 2.24) is 4.98 Å². The zero-order valence-corrected chi connectivity index (χ0v) is 13.6. The van der Waals surface area contributed by atoms with Gasteiger partial charge in [-0.25, -0.2) is 4.98 Å². The van der Waals surface area contributed by atoms with E-state index in [1.54, 1.807) is 0 Å². The van der Waals surface area contributed by atoms with E-state index < -0.39 is 0 Å². The molecular formula is C17H15ClN2S. The van der Waals surface area contributed by atoms with Crippen LogP contribution in [0, 0.1) is 11.3 Å². The number of pyridine rings is 1. The Morgan fingerprint density at radius 1 is 1.24 bits per heavy atom. The minimum absolute atomic E-state index is 0.122. The molecule has 4 heteroatoms. The third-order valence-electron chi connectivity index (χ3n) is 3.74. The molecule has 0 atom stereocenters. The van der Waals surface area contributed by atoms with Crippen LogP contribution in [0.4, 0.5) is 0 Å². The molecule has 1 aromatic carbocycles. The number of nitrogens with zero attached hydrogens (tertiary/aromatic N) is 2. The first kappa shape index (κ1) is 14.4. The van der Waals surface area contributed by atoms with Gasteiger partial charge in [-0.05, 0) is 17.5 Å². The summed E-state index contributed by atoms with van der Waals surface area (Å²) in [7, 11) is 0. The molecule has 106 valence electrons. The minimum atomic E-state index is 0.122. The Kier molecular flexibility index (Phi) is 3.69. The van der Waals surface area contributed by atoms with E-state index >= 15 is 0 Å². The second-order valence-electron chi connectivity index (χ2n) is 5.79. The summed E-state index contributed by atoms with van der Waals surface area (Å²) in [5, 5.41) is 9.74. The van der Waals surface area contributed by atoms with Crippen LogP contribution in [-0.2, 0) is 12.2 Å². The van der Waals surface area contributed by atoms with Gasteiger partial charge in [0.15, 0.2) is 0 Å². The normalized spacial score (nSPS) is 16.1. The second kappa shape index (κ2) is 5.36. The minimum Gasteiger partial charge on any atom is -0.234 e. The van der Waals surface area contributed by atoms with Crippen LogP contribution in [0.2, 0.25) is 5.15 Å². The molecule has 3 rings (SSSR count). The highest BCUT2D eigenvalue weighted by molar-refractivity contribution is 7.99. The summed E-state index contributed by atoms with van der Waals surface area (Å²) in [6.45, 7) is 4.41. The van der Waals surface area contributed by atoms with E-state index in [0.29, 0.717) is 10.7 Å². The van der Waals surface area contributed by atoms with Crippen LogP contribution in [0.25, 0.3) is 11.3 Å². The van der Waals surface area contributed by atoms with E-state index in [2.05, 4.69) is 24.9 Å². The second-order valence-corrected chi connectivity index (χ2v) is 7.83. The van der Waals surface area contributed by atoms with Crippen LogP contribution in [0.5, 0.6) is 0 Å². The van der Waals surface area contributed by atoms with Crippen molar-refractivity contribution in [2.24, 2.45) is 0 Å². The molecule has 0 radical (unpaired) electrons. The fourth-order valence-corrected chi connectivity index (χ4v) is 4.02. The van der Waals surface area contributed by atoms with E-state index in [-0.39, 0.29) is 4.75 Å². The van der Waals surface area contributed by atoms with Gasteiger partial charge in [0.1, 0.15) is 11.2 Å². The highest BCUT2D eigenvalue weighted by Crippen LogP contribution is 2.43. The first-order valence-corrected chi connectivity index (χ1v) is 8.19. The van der Waals surface area contributed by atoms with E-state index in [0.717, 1.165) is 34.6 Å². The van der Waals surface area contributed by atoms with Gasteiger partial charge < -0.3 is 0 Å². The Hall–Kier alpha value is -1.50. The summed E-state index contributed by atoms with van der Waals surface area (Å²) in [5.74, 6) is 0.866. The predicted octanol–water partition coefficient (Wildman–Crippen LogP) is 4.84. The fourth-order valence-electron chi connectivity index (χ4n) is 2.68. The van der Waals surface area contributed by atoms with Gasteiger partial charge in [-0.3, -0.25) is 0 Å². The van der Waals surface area contributed by atoms with Crippen LogP contribution in [0.3, 0.4) is 0 Å². The van der Waals surface area contributed by atoms with Crippen molar-refractivity contribution in [1.29, 1.82) is 5.26 Å². The number of nitriles is 1. The molecule has 1 aliphatic heterocycles. The average Bonchev–Trinajstić information content (AvgIpc) is 2.46. The molecule has 21 heavy (non-hydrogen) atoms. The molecule has 1 aliphatic rings. The van der Waals surface area contributed by atoms with Crippen molar-refractivity contribution in [2.75, 3.05) is 0 Å². The van der Waals surface area contributed by atoms with Crippen molar-refractivity contribution in [3.8, 4) is 17.3 Å². The number of benzene rings is 1. The topological polar surface area (TPSA) is 36.7 Å². The van der Waals surface area contributed by atoms with E-state index in [4.69, 9.17) is 11.6 Å². The Balaban J connectivity index is 2.26. The zero-order valence-electron chi connectivity index (χ0n) is 12.0. The first-order chi connectivity index (χ1) is 10.0. The summed E-state index contributed by atoms with van der Waals surface area (Å²) in [5.41, 5.74) is 4.74. The van der Waals surface area contributed by atoms with Crippen LogP contribution in [0.1, 0.15) is 30.5 Å². The summed E-state index contributed by atoms with van der Waals surface area (Å²) in [4.78, 5) is 4.50. The molecule has 0 saturated heterocycles. The Labute approximate surface area is 134 Å². The van der Waals surface area contributed by atoms with Gasteiger partial charge in [0, 0.05) is 16.1 Å². The molecule has 2 heterocycles. The summed E-state index contributed by atoms with van der Waals surface area (Å²) < 4.78 is 0.122. The number of fused-ring (bicyclic) bond motifs is 1. The Bertz CT molecular complexity index is 733. The monoisotopic (exact) mass is 314 g/mol. The third-order valence-corrected chi connectivity index (χ3v) is 5.37. The number of hydrogen-bond acceptors (Lipinski definition) is 3. The molecular weight excluding hydrogens is 300 g/mol. The maximum Gasteiger partial charge on any atom is 0.147 e. The lowest BCUT2D eigenvalue weighted by Crippen LogP contribution is -2.25. The van der Waals surface area contributed by atoms with Crippen LogP contribution in [-0.4, -0.2) is 9.73 Å². The maximum atomic E-state index is 9.42. The van der Waals surface area contributed by atoms with Crippen molar-refractivity contribution >= 4 is 23.4 Å². The number of thioether (sulfide) groups is 1. The van der Waals surface area contributed by atoms with Crippen molar-refractivity contribution in [2.45, 2.75) is 30.8 Å². The zero-order chi connectivity index (χ0) is 15.0. The number of halogens is 1. The molecule has 0 saturated carbocycles. The molecule has 0 fully saturated rings. The summed E-state index contributed by atoms with van der Waals surface area (Å²) in [6, 6.07) is 12.3. The maximum absolute atomic E-state index is 9.42. The predicted molar refractivity (Wildman–Crippen MR) is 88.5 cm³/mol. The van der Waals surface area contributed by atoms with Gasteiger partial charge in [0.05, 0.1) is 11.3 Å². The molecule has 0 bridgehead atoms. The number of hydrogen-bond donors (Lipinski definition) is 0. The van der Waals surface area contributed by atoms with Crippen LogP contribution in [0.15, 0.2) is 30.3 Å². The average molecular weight is 315 g/mol. The Morgan fingerprint density at radius 2 is 1.95 bits per heavy atom. The number of rotatable bonds is 1. The first-order valence-electron chi connectivity index (χ1n) is 6.82. The largest absolute Gasteiger partial charge is 0.234 e. The molecule has 0 spiro atoms. The van der Waals surface area contributed by atoms with Gasteiger partial charge in [-0.2, -0.15) is 17.0 Å². The molecule has 0 unspecified atom stereocenters. The van der Waals surface area contributed by atoms with Gasteiger partial charge >= 0.3 is 0 Å². The third kappa shape index (κ3) is 2.66. The smallest absolute Gasteiger partial charge is 0.147 e. The van der Waals surface area contributed by atoms with E-state index in [1.165, 1.54) is 0 Å². The van der Waals surface area contributed by atoms with Crippen molar-refractivity contribution < 1.29 is 0 Å². The summed E-state index contributed by atoms with van der Waals surface area (Å²) >= 11 is 8.17. The fraction of sp³-hybridized carbons (Fsp3) is 0.294. The van der Waals surface area contributed by atoms with Gasteiger partial charge in [0.25, 0.3) is 0 Å². The van der Waals surface area contributed by atoms with E-state index in [1.807, 2.05) is 42.1 Å². The molecule has 2 nitrogen and oxygen atoms in total. The molecule has 0 amide bonds.